The zero-order chi connectivity index (χ0) is 18.0. The van der Waals surface area contributed by atoms with Crippen LogP contribution in [0.5, 0.6) is 0 Å². The van der Waals surface area contributed by atoms with E-state index in [1.807, 2.05) is 0 Å². The zero-order valence-electron chi connectivity index (χ0n) is 14.5. The Morgan fingerprint density at radius 3 is 1.70 bits per heavy atom. The van der Waals surface area contributed by atoms with Gasteiger partial charge in [0.25, 0.3) is 0 Å². The summed E-state index contributed by atoms with van der Waals surface area (Å²) < 4.78 is 1.15. The smallest absolute Gasteiger partial charge is 0.0260 e. The first-order chi connectivity index (χ1) is 13.3. The molecule has 27 heavy (non-hydrogen) atoms. The maximum atomic E-state index is 3.82. The fourth-order valence-corrected chi connectivity index (χ4v) is 5.03. The van der Waals surface area contributed by atoms with Gasteiger partial charge < -0.3 is 0 Å². The molecular formula is C26H15Br. The highest BCUT2D eigenvalue weighted by atomic mass is 79.9. The van der Waals surface area contributed by atoms with Crippen molar-refractivity contribution in [1.82, 2.24) is 0 Å². The molecule has 6 rings (SSSR count). The van der Waals surface area contributed by atoms with Crippen LogP contribution in [0, 0.1) is 0 Å². The fraction of sp³-hybridized carbons (Fsp3) is 0. The molecule has 0 bridgehead atoms. The summed E-state index contributed by atoms with van der Waals surface area (Å²) in [5.74, 6) is 0. The molecule has 0 unspecified atom stereocenters. The Hall–Kier alpha value is -2.90. The van der Waals surface area contributed by atoms with Gasteiger partial charge in [0.05, 0.1) is 0 Å². The number of hydrogen-bond acceptors (Lipinski definition) is 0. The van der Waals surface area contributed by atoms with Crippen LogP contribution in [0.1, 0.15) is 0 Å². The summed E-state index contributed by atoms with van der Waals surface area (Å²) >= 11 is 3.82. The van der Waals surface area contributed by atoms with E-state index < -0.39 is 0 Å². The predicted octanol–water partition coefficient (Wildman–Crippen LogP) is 8.22. The molecule has 0 N–H and O–H groups in total. The largest absolute Gasteiger partial charge is 0.0616 e. The second-order valence-electron chi connectivity index (χ2n) is 7.12. The highest BCUT2D eigenvalue weighted by molar-refractivity contribution is 9.10. The monoisotopic (exact) mass is 406 g/mol. The quantitative estimate of drug-likeness (QED) is 0.223. The maximum absolute atomic E-state index is 3.82. The first kappa shape index (κ1) is 15.2. The maximum Gasteiger partial charge on any atom is 0.0260 e. The van der Waals surface area contributed by atoms with Gasteiger partial charge in [-0.25, -0.2) is 0 Å². The molecule has 0 amide bonds. The van der Waals surface area contributed by atoms with Crippen LogP contribution in [-0.2, 0) is 0 Å². The fourth-order valence-electron chi connectivity index (χ4n) is 4.46. The van der Waals surface area contributed by atoms with E-state index >= 15 is 0 Å². The predicted molar refractivity (Wildman–Crippen MR) is 122 cm³/mol. The minimum Gasteiger partial charge on any atom is -0.0616 e. The van der Waals surface area contributed by atoms with E-state index in [2.05, 4.69) is 107 Å². The van der Waals surface area contributed by atoms with E-state index in [-0.39, 0.29) is 0 Å². The Morgan fingerprint density at radius 2 is 0.963 bits per heavy atom. The van der Waals surface area contributed by atoms with Crippen molar-refractivity contribution in [2.75, 3.05) is 0 Å². The van der Waals surface area contributed by atoms with Gasteiger partial charge in [-0.05, 0) is 59.9 Å². The van der Waals surface area contributed by atoms with Crippen LogP contribution in [0.4, 0.5) is 0 Å². The van der Waals surface area contributed by atoms with Crippen molar-refractivity contribution < 1.29 is 0 Å². The molecule has 0 saturated heterocycles. The number of halogens is 1. The van der Waals surface area contributed by atoms with Crippen molar-refractivity contribution in [3.05, 3.63) is 95.5 Å². The SMILES string of the molecule is Brc1cc2ccc3ccc4ccccc4c3c2c2c1ccc1ccccc12. The van der Waals surface area contributed by atoms with E-state index in [9.17, 15) is 0 Å². The molecule has 0 aliphatic carbocycles. The highest BCUT2D eigenvalue weighted by Crippen LogP contribution is 2.41. The molecule has 0 radical (unpaired) electrons. The minimum absolute atomic E-state index is 1.15. The van der Waals surface area contributed by atoms with Crippen molar-refractivity contribution in [2.45, 2.75) is 0 Å². The van der Waals surface area contributed by atoms with Gasteiger partial charge in [-0.15, -0.1) is 0 Å². The Kier molecular flexibility index (Phi) is 3.12. The molecule has 6 aromatic rings. The van der Waals surface area contributed by atoms with Crippen LogP contribution in [0.25, 0.3) is 53.9 Å². The molecule has 0 aliphatic heterocycles. The van der Waals surface area contributed by atoms with Crippen LogP contribution in [0.2, 0.25) is 0 Å². The van der Waals surface area contributed by atoms with Crippen LogP contribution >= 0.6 is 15.9 Å². The average Bonchev–Trinajstić information content (AvgIpc) is 2.73. The third-order valence-corrected chi connectivity index (χ3v) is 6.32. The van der Waals surface area contributed by atoms with Crippen LogP contribution in [-0.4, -0.2) is 0 Å². The summed E-state index contributed by atoms with van der Waals surface area (Å²) in [7, 11) is 0. The standard InChI is InChI=1S/C26H15Br/c27-23-15-19-12-11-18-10-9-16-5-1-3-7-20(16)24(18)25(19)26-21-8-4-2-6-17(21)13-14-22(23)26/h1-15H. The van der Waals surface area contributed by atoms with Gasteiger partial charge in [0, 0.05) is 4.47 Å². The topological polar surface area (TPSA) is 0 Å². The van der Waals surface area contributed by atoms with E-state index in [4.69, 9.17) is 0 Å². The van der Waals surface area contributed by atoms with E-state index in [0.29, 0.717) is 0 Å². The van der Waals surface area contributed by atoms with Gasteiger partial charge in [0.2, 0.25) is 0 Å². The third-order valence-electron chi connectivity index (χ3n) is 5.66. The molecule has 0 saturated carbocycles. The molecule has 126 valence electrons. The van der Waals surface area contributed by atoms with Gasteiger partial charge >= 0.3 is 0 Å². The van der Waals surface area contributed by atoms with Gasteiger partial charge in [-0.2, -0.15) is 0 Å². The van der Waals surface area contributed by atoms with Crippen molar-refractivity contribution in [3.63, 3.8) is 0 Å². The lowest BCUT2D eigenvalue weighted by Gasteiger charge is -2.14. The first-order valence-corrected chi connectivity index (χ1v) is 9.95. The van der Waals surface area contributed by atoms with E-state index in [1.165, 1.54) is 53.9 Å². The summed E-state index contributed by atoms with van der Waals surface area (Å²) in [6, 6.07) is 33.1. The number of rotatable bonds is 0. The van der Waals surface area contributed by atoms with Crippen LogP contribution in [0.15, 0.2) is 95.5 Å². The van der Waals surface area contributed by atoms with Crippen LogP contribution < -0.4 is 0 Å². The van der Waals surface area contributed by atoms with E-state index in [1.54, 1.807) is 0 Å². The second-order valence-corrected chi connectivity index (χ2v) is 7.97. The molecule has 0 spiro atoms. The molecule has 0 fully saturated rings. The lowest BCUT2D eigenvalue weighted by molar-refractivity contribution is 1.76. The van der Waals surface area contributed by atoms with Crippen molar-refractivity contribution in [1.29, 1.82) is 0 Å². The van der Waals surface area contributed by atoms with Gasteiger partial charge in [0.1, 0.15) is 0 Å². The lowest BCUT2D eigenvalue weighted by Crippen LogP contribution is -1.86. The highest BCUT2D eigenvalue weighted by Gasteiger charge is 2.13. The molecule has 0 nitrogen and oxygen atoms in total. The Bertz CT molecular complexity index is 1530. The summed E-state index contributed by atoms with van der Waals surface area (Å²) in [5.41, 5.74) is 0. The molecule has 0 aromatic heterocycles. The van der Waals surface area contributed by atoms with Crippen molar-refractivity contribution >= 4 is 69.8 Å². The molecule has 1 heteroatoms. The van der Waals surface area contributed by atoms with Crippen molar-refractivity contribution in [2.24, 2.45) is 0 Å². The minimum atomic E-state index is 1.15. The number of fused-ring (bicyclic) bond motifs is 9. The molecular weight excluding hydrogens is 392 g/mol. The summed E-state index contributed by atoms with van der Waals surface area (Å²) in [6.45, 7) is 0. The zero-order valence-corrected chi connectivity index (χ0v) is 16.1. The third kappa shape index (κ3) is 2.09. The lowest BCUT2D eigenvalue weighted by atomic mass is 9.91. The summed E-state index contributed by atoms with van der Waals surface area (Å²) in [6.07, 6.45) is 0. The Labute approximate surface area is 165 Å². The first-order valence-electron chi connectivity index (χ1n) is 9.15. The Balaban J connectivity index is 2.05. The summed E-state index contributed by atoms with van der Waals surface area (Å²) in [5, 5.41) is 13.0. The van der Waals surface area contributed by atoms with Crippen molar-refractivity contribution in [3.8, 4) is 0 Å². The number of benzene rings is 6. The molecule has 6 aromatic carbocycles. The average molecular weight is 407 g/mol. The molecule has 0 atom stereocenters. The van der Waals surface area contributed by atoms with Gasteiger partial charge in [0.15, 0.2) is 0 Å². The van der Waals surface area contributed by atoms with Gasteiger partial charge in [-0.1, -0.05) is 101 Å². The summed E-state index contributed by atoms with van der Waals surface area (Å²) in [4.78, 5) is 0. The Morgan fingerprint density at radius 1 is 0.407 bits per heavy atom. The second kappa shape index (κ2) is 5.55. The normalized spacial score (nSPS) is 11.9. The van der Waals surface area contributed by atoms with E-state index in [0.717, 1.165) is 4.47 Å². The van der Waals surface area contributed by atoms with Crippen LogP contribution in [0.3, 0.4) is 0 Å². The number of hydrogen-bond donors (Lipinski definition) is 0. The molecule has 0 aliphatic rings. The molecule has 0 heterocycles. The van der Waals surface area contributed by atoms with Gasteiger partial charge in [-0.3, -0.25) is 0 Å².